The first kappa shape index (κ1) is 19.0. The van der Waals surface area contributed by atoms with Gasteiger partial charge in [-0.1, -0.05) is 35.2 Å². The molecule has 0 radical (unpaired) electrons. The van der Waals surface area contributed by atoms with Crippen molar-refractivity contribution < 1.29 is 14.3 Å². The van der Waals surface area contributed by atoms with Crippen LogP contribution in [0.25, 0.3) is 0 Å². The molecule has 2 aromatic heterocycles. The molecule has 2 heterocycles. The molecule has 0 bridgehead atoms. The molecule has 0 unspecified atom stereocenters. The van der Waals surface area contributed by atoms with Crippen LogP contribution < -0.4 is 5.32 Å². The SMILES string of the molecule is CCOC(=O)CSc1nnc(NC(=O)c2ccc(Cn3cncn3)cc2)s1. The number of rotatable bonds is 8. The van der Waals surface area contributed by atoms with Crippen LogP contribution in [0, 0.1) is 0 Å². The summed E-state index contributed by atoms with van der Waals surface area (Å²) in [6, 6.07) is 7.19. The number of hydrogen-bond acceptors (Lipinski definition) is 9. The van der Waals surface area contributed by atoms with Crippen molar-refractivity contribution >= 4 is 40.1 Å². The van der Waals surface area contributed by atoms with E-state index in [1.807, 2.05) is 12.1 Å². The number of nitrogens with zero attached hydrogens (tertiary/aromatic N) is 5. The monoisotopic (exact) mass is 404 g/mol. The van der Waals surface area contributed by atoms with E-state index >= 15 is 0 Å². The van der Waals surface area contributed by atoms with Crippen LogP contribution in [0.15, 0.2) is 41.3 Å². The highest BCUT2D eigenvalue weighted by Gasteiger charge is 2.12. The van der Waals surface area contributed by atoms with Gasteiger partial charge in [-0.25, -0.2) is 9.67 Å². The Morgan fingerprint density at radius 1 is 1.26 bits per heavy atom. The van der Waals surface area contributed by atoms with Crippen molar-refractivity contribution in [2.24, 2.45) is 0 Å². The van der Waals surface area contributed by atoms with E-state index in [9.17, 15) is 9.59 Å². The van der Waals surface area contributed by atoms with Crippen LogP contribution in [0.3, 0.4) is 0 Å². The molecule has 0 saturated carbocycles. The van der Waals surface area contributed by atoms with Gasteiger partial charge in [-0.05, 0) is 24.6 Å². The van der Waals surface area contributed by atoms with E-state index in [1.54, 1.807) is 30.1 Å². The third-order valence-corrected chi connectivity index (χ3v) is 5.22. The summed E-state index contributed by atoms with van der Waals surface area (Å²) in [5.74, 6) is -0.432. The Kier molecular flexibility index (Phi) is 6.49. The first-order valence-electron chi connectivity index (χ1n) is 7.98. The second-order valence-electron chi connectivity index (χ2n) is 5.21. The van der Waals surface area contributed by atoms with Crippen LogP contribution in [0.1, 0.15) is 22.8 Å². The van der Waals surface area contributed by atoms with Gasteiger partial charge >= 0.3 is 5.97 Å². The van der Waals surface area contributed by atoms with E-state index in [2.05, 4.69) is 25.6 Å². The largest absolute Gasteiger partial charge is 0.465 e. The highest BCUT2D eigenvalue weighted by atomic mass is 32.2. The number of carbonyl (C=O) groups excluding carboxylic acids is 2. The van der Waals surface area contributed by atoms with Crippen LogP contribution in [0.4, 0.5) is 5.13 Å². The van der Waals surface area contributed by atoms with Crippen molar-refractivity contribution in [3.05, 3.63) is 48.0 Å². The number of nitrogens with one attached hydrogen (secondary N) is 1. The van der Waals surface area contributed by atoms with E-state index in [1.165, 1.54) is 29.4 Å². The first-order chi connectivity index (χ1) is 13.1. The molecule has 9 nitrogen and oxygen atoms in total. The molecule has 0 atom stereocenters. The summed E-state index contributed by atoms with van der Waals surface area (Å²) in [6.07, 6.45) is 3.11. The number of anilines is 1. The second kappa shape index (κ2) is 9.24. The van der Waals surface area contributed by atoms with Crippen LogP contribution in [0.5, 0.6) is 0 Å². The van der Waals surface area contributed by atoms with E-state index in [0.717, 1.165) is 5.56 Å². The van der Waals surface area contributed by atoms with Gasteiger partial charge in [0.1, 0.15) is 12.7 Å². The van der Waals surface area contributed by atoms with Crippen LogP contribution in [-0.4, -0.2) is 49.2 Å². The van der Waals surface area contributed by atoms with Gasteiger partial charge in [-0.2, -0.15) is 5.10 Å². The summed E-state index contributed by atoms with van der Waals surface area (Å²) >= 11 is 2.43. The standard InChI is InChI=1S/C16H16N6O3S2/c1-2-25-13(23)8-26-16-21-20-15(27-16)19-14(24)12-5-3-11(4-6-12)7-22-10-17-9-18-22/h3-6,9-10H,2,7-8H2,1H3,(H,19,20,24). The molecule has 0 fully saturated rings. The zero-order valence-electron chi connectivity index (χ0n) is 14.4. The summed E-state index contributed by atoms with van der Waals surface area (Å²) in [5, 5.41) is 15.0. The Morgan fingerprint density at radius 3 is 2.78 bits per heavy atom. The molecule has 1 N–H and O–H groups in total. The number of ether oxygens (including phenoxy) is 1. The van der Waals surface area contributed by atoms with Gasteiger partial charge in [0.25, 0.3) is 5.91 Å². The van der Waals surface area contributed by atoms with Gasteiger partial charge in [-0.3, -0.25) is 14.9 Å². The molecule has 3 rings (SSSR count). The van der Waals surface area contributed by atoms with E-state index in [4.69, 9.17) is 4.74 Å². The molecular weight excluding hydrogens is 388 g/mol. The molecule has 1 aromatic carbocycles. The fraction of sp³-hybridized carbons (Fsp3) is 0.250. The Bertz CT molecular complexity index is 895. The summed E-state index contributed by atoms with van der Waals surface area (Å²) in [6.45, 7) is 2.68. The molecule has 0 aliphatic rings. The number of benzene rings is 1. The number of hydrogen-bond donors (Lipinski definition) is 1. The van der Waals surface area contributed by atoms with Gasteiger partial charge in [-0.15, -0.1) is 10.2 Å². The zero-order chi connectivity index (χ0) is 19.1. The minimum absolute atomic E-state index is 0.156. The maximum atomic E-state index is 12.3. The molecule has 27 heavy (non-hydrogen) atoms. The Hall–Kier alpha value is -2.79. The lowest BCUT2D eigenvalue weighted by Gasteiger charge is -2.04. The smallest absolute Gasteiger partial charge is 0.316 e. The van der Waals surface area contributed by atoms with Crippen molar-refractivity contribution in [3.8, 4) is 0 Å². The van der Waals surface area contributed by atoms with Crippen molar-refractivity contribution in [2.75, 3.05) is 17.7 Å². The lowest BCUT2D eigenvalue weighted by molar-refractivity contribution is -0.139. The van der Waals surface area contributed by atoms with Crippen molar-refractivity contribution in [1.82, 2.24) is 25.0 Å². The molecule has 3 aromatic rings. The van der Waals surface area contributed by atoms with Crippen molar-refractivity contribution in [3.63, 3.8) is 0 Å². The topological polar surface area (TPSA) is 112 Å². The van der Waals surface area contributed by atoms with E-state index < -0.39 is 0 Å². The average Bonchev–Trinajstić information content (AvgIpc) is 3.33. The zero-order valence-corrected chi connectivity index (χ0v) is 16.0. The predicted octanol–water partition coefficient (Wildman–Crippen LogP) is 2.09. The van der Waals surface area contributed by atoms with Gasteiger partial charge in [0.05, 0.1) is 18.9 Å². The Labute approximate surface area is 163 Å². The number of esters is 1. The van der Waals surface area contributed by atoms with Crippen molar-refractivity contribution in [1.29, 1.82) is 0 Å². The maximum Gasteiger partial charge on any atom is 0.316 e. The highest BCUT2D eigenvalue weighted by molar-refractivity contribution is 8.01. The normalized spacial score (nSPS) is 10.6. The van der Waals surface area contributed by atoms with E-state index in [-0.39, 0.29) is 17.6 Å². The number of carbonyl (C=O) groups is 2. The maximum absolute atomic E-state index is 12.3. The van der Waals surface area contributed by atoms with Crippen LogP contribution in [0.2, 0.25) is 0 Å². The van der Waals surface area contributed by atoms with Crippen LogP contribution >= 0.6 is 23.1 Å². The molecule has 11 heteroatoms. The van der Waals surface area contributed by atoms with Gasteiger partial charge in [0.15, 0.2) is 4.34 Å². The summed E-state index contributed by atoms with van der Waals surface area (Å²) in [4.78, 5) is 27.6. The molecule has 140 valence electrons. The molecule has 0 aliphatic heterocycles. The lowest BCUT2D eigenvalue weighted by Crippen LogP contribution is -2.11. The molecular formula is C16H16N6O3S2. The molecule has 0 saturated heterocycles. The fourth-order valence-electron chi connectivity index (χ4n) is 2.07. The van der Waals surface area contributed by atoms with Crippen LogP contribution in [-0.2, 0) is 16.1 Å². The number of aromatic nitrogens is 5. The molecule has 0 spiro atoms. The third-order valence-electron chi connectivity index (χ3n) is 3.27. The second-order valence-corrected chi connectivity index (χ2v) is 7.41. The highest BCUT2D eigenvalue weighted by Crippen LogP contribution is 2.25. The third kappa shape index (κ3) is 5.59. The van der Waals surface area contributed by atoms with Gasteiger partial charge in [0.2, 0.25) is 5.13 Å². The lowest BCUT2D eigenvalue weighted by atomic mass is 10.1. The number of amides is 1. The van der Waals surface area contributed by atoms with Crippen molar-refractivity contribution in [2.45, 2.75) is 17.8 Å². The molecule has 0 aliphatic carbocycles. The van der Waals surface area contributed by atoms with Gasteiger partial charge in [0, 0.05) is 5.56 Å². The van der Waals surface area contributed by atoms with Gasteiger partial charge < -0.3 is 4.74 Å². The average molecular weight is 404 g/mol. The Balaban J connectivity index is 1.53. The fourth-order valence-corrected chi connectivity index (χ4v) is 3.62. The van der Waals surface area contributed by atoms with E-state index in [0.29, 0.717) is 28.2 Å². The summed E-state index contributed by atoms with van der Waals surface area (Å²) < 4.78 is 7.14. The summed E-state index contributed by atoms with van der Waals surface area (Å²) in [5.41, 5.74) is 1.51. The Morgan fingerprint density at radius 2 is 2.07 bits per heavy atom. The quantitative estimate of drug-likeness (QED) is 0.345. The first-order valence-corrected chi connectivity index (χ1v) is 9.79. The summed E-state index contributed by atoms with van der Waals surface area (Å²) in [7, 11) is 0. The predicted molar refractivity (Wildman–Crippen MR) is 101 cm³/mol. The minimum Gasteiger partial charge on any atom is -0.465 e. The molecule has 1 amide bonds. The minimum atomic E-state index is -0.311. The number of thioether (sulfide) groups is 1.